The minimum absolute atomic E-state index is 0.00963. The van der Waals surface area contributed by atoms with Crippen LogP contribution in [0.15, 0.2) is 30.3 Å². The molecule has 0 aromatic heterocycles. The van der Waals surface area contributed by atoms with Crippen LogP contribution in [0.2, 0.25) is 0 Å². The van der Waals surface area contributed by atoms with Crippen LogP contribution in [0.4, 0.5) is 0 Å². The first kappa shape index (κ1) is 12.3. The molecule has 1 saturated heterocycles. The molecule has 0 atom stereocenters. The zero-order chi connectivity index (χ0) is 12.3. The van der Waals surface area contributed by atoms with E-state index < -0.39 is 10.3 Å². The Hall–Kier alpha value is -1.11. The summed E-state index contributed by atoms with van der Waals surface area (Å²) in [6, 6.07) is 9.43. The zero-order valence-corrected chi connectivity index (χ0v) is 10.1. The van der Waals surface area contributed by atoms with Gasteiger partial charge in [0.15, 0.2) is 0 Å². The maximum absolute atomic E-state index is 10.9. The topological polar surface area (TPSA) is 66.8 Å². The van der Waals surface area contributed by atoms with Gasteiger partial charge in [0, 0.05) is 13.1 Å². The Labute approximate surface area is 101 Å². The fourth-order valence-electron chi connectivity index (χ4n) is 1.87. The Balaban J connectivity index is 1.88. The van der Waals surface area contributed by atoms with Crippen LogP contribution in [-0.4, -0.2) is 36.5 Å². The second-order valence-corrected chi connectivity index (χ2v) is 5.42. The molecule has 1 N–H and O–H groups in total. The fraction of sp³-hybridized carbons (Fsp3) is 0.455. The highest BCUT2D eigenvalue weighted by Gasteiger charge is 2.27. The van der Waals surface area contributed by atoms with Crippen LogP contribution in [0.5, 0.6) is 5.75 Å². The molecule has 0 amide bonds. The Kier molecular flexibility index (Phi) is 3.66. The third-order valence-electron chi connectivity index (χ3n) is 2.77. The van der Waals surface area contributed by atoms with Crippen molar-refractivity contribution in [2.75, 3.05) is 13.1 Å². The first-order chi connectivity index (χ1) is 8.05. The van der Waals surface area contributed by atoms with Crippen LogP contribution in [-0.2, 0) is 10.3 Å². The predicted octanol–water partition coefficient (Wildman–Crippen LogP) is 1.33. The summed E-state index contributed by atoms with van der Waals surface area (Å²) in [5.41, 5.74) is 0. The fourth-order valence-corrected chi connectivity index (χ4v) is 2.54. The third-order valence-corrected chi connectivity index (χ3v) is 3.79. The average Bonchev–Trinajstić information content (AvgIpc) is 2.30. The second kappa shape index (κ2) is 5.03. The SMILES string of the molecule is O=S(=O)(O)N1CCC(Oc2ccccc2)CC1. The van der Waals surface area contributed by atoms with Crippen LogP contribution in [0, 0.1) is 0 Å². The maximum atomic E-state index is 10.9. The van der Waals surface area contributed by atoms with Gasteiger partial charge in [-0.15, -0.1) is 0 Å². The molecule has 0 spiro atoms. The highest BCUT2D eigenvalue weighted by Crippen LogP contribution is 2.19. The third kappa shape index (κ3) is 3.42. The molecule has 0 aliphatic carbocycles. The molecule has 94 valence electrons. The number of hydrogen-bond acceptors (Lipinski definition) is 3. The number of piperidine rings is 1. The molecule has 1 heterocycles. The van der Waals surface area contributed by atoms with E-state index in [-0.39, 0.29) is 6.10 Å². The van der Waals surface area contributed by atoms with Gasteiger partial charge in [0.1, 0.15) is 11.9 Å². The van der Waals surface area contributed by atoms with Crippen molar-refractivity contribution < 1.29 is 17.7 Å². The van der Waals surface area contributed by atoms with Crippen molar-refractivity contribution in [3.63, 3.8) is 0 Å². The summed E-state index contributed by atoms with van der Waals surface area (Å²) < 4.78 is 37.4. The van der Waals surface area contributed by atoms with Gasteiger partial charge in [0.2, 0.25) is 0 Å². The molecule has 2 rings (SSSR count). The normalized spacial score (nSPS) is 19.1. The Bertz CT molecular complexity index is 452. The lowest BCUT2D eigenvalue weighted by atomic mass is 10.1. The summed E-state index contributed by atoms with van der Waals surface area (Å²) in [6.45, 7) is 0.604. The van der Waals surface area contributed by atoms with Gasteiger partial charge in [-0.25, -0.2) is 0 Å². The van der Waals surface area contributed by atoms with Gasteiger partial charge in [-0.05, 0) is 25.0 Å². The van der Waals surface area contributed by atoms with Crippen LogP contribution in [0.3, 0.4) is 0 Å². The van der Waals surface area contributed by atoms with Gasteiger partial charge in [-0.2, -0.15) is 12.7 Å². The van der Waals surface area contributed by atoms with Crippen molar-refractivity contribution in [3.05, 3.63) is 30.3 Å². The number of ether oxygens (including phenoxy) is 1. The molecule has 17 heavy (non-hydrogen) atoms. The summed E-state index contributed by atoms with van der Waals surface area (Å²) in [7, 11) is -4.04. The molecule has 0 saturated carbocycles. The molecular formula is C11H15NO4S. The van der Waals surface area contributed by atoms with E-state index in [4.69, 9.17) is 9.29 Å². The summed E-state index contributed by atoms with van der Waals surface area (Å²) in [5, 5.41) is 0. The van der Waals surface area contributed by atoms with E-state index in [0.717, 1.165) is 10.1 Å². The van der Waals surface area contributed by atoms with Crippen molar-refractivity contribution in [1.29, 1.82) is 0 Å². The van der Waals surface area contributed by atoms with E-state index >= 15 is 0 Å². The van der Waals surface area contributed by atoms with Crippen LogP contribution in [0.25, 0.3) is 0 Å². The first-order valence-corrected chi connectivity index (χ1v) is 6.89. The number of para-hydroxylation sites is 1. The van der Waals surface area contributed by atoms with E-state index in [2.05, 4.69) is 0 Å². The minimum Gasteiger partial charge on any atom is -0.490 e. The first-order valence-electron chi connectivity index (χ1n) is 5.50. The van der Waals surface area contributed by atoms with E-state index in [1.54, 1.807) is 0 Å². The van der Waals surface area contributed by atoms with E-state index in [1.165, 1.54) is 0 Å². The molecule has 0 radical (unpaired) electrons. The monoisotopic (exact) mass is 257 g/mol. The number of nitrogens with zero attached hydrogens (tertiary/aromatic N) is 1. The molecule has 0 bridgehead atoms. The average molecular weight is 257 g/mol. The molecule has 1 aromatic rings. The van der Waals surface area contributed by atoms with Crippen LogP contribution in [0.1, 0.15) is 12.8 Å². The smallest absolute Gasteiger partial charge is 0.335 e. The highest BCUT2D eigenvalue weighted by atomic mass is 32.2. The van der Waals surface area contributed by atoms with Gasteiger partial charge in [0.25, 0.3) is 0 Å². The molecule has 1 aliphatic rings. The van der Waals surface area contributed by atoms with E-state index in [0.29, 0.717) is 25.9 Å². The minimum atomic E-state index is -4.04. The molecule has 1 aromatic carbocycles. The number of benzene rings is 1. The Morgan fingerprint density at radius 2 is 1.76 bits per heavy atom. The quantitative estimate of drug-likeness (QED) is 0.830. The highest BCUT2D eigenvalue weighted by molar-refractivity contribution is 7.83. The Morgan fingerprint density at radius 1 is 1.18 bits per heavy atom. The molecule has 5 nitrogen and oxygen atoms in total. The summed E-state index contributed by atoms with van der Waals surface area (Å²) >= 11 is 0. The summed E-state index contributed by atoms with van der Waals surface area (Å²) in [4.78, 5) is 0. The molecule has 1 aliphatic heterocycles. The maximum Gasteiger partial charge on any atom is 0.335 e. The zero-order valence-electron chi connectivity index (χ0n) is 9.32. The van der Waals surface area contributed by atoms with Crippen molar-refractivity contribution in [3.8, 4) is 5.75 Å². The van der Waals surface area contributed by atoms with Crippen LogP contribution < -0.4 is 4.74 Å². The van der Waals surface area contributed by atoms with Gasteiger partial charge in [-0.3, -0.25) is 4.55 Å². The lowest BCUT2D eigenvalue weighted by Crippen LogP contribution is -2.41. The van der Waals surface area contributed by atoms with E-state index in [9.17, 15) is 8.42 Å². The van der Waals surface area contributed by atoms with Crippen molar-refractivity contribution in [2.24, 2.45) is 0 Å². The lowest BCUT2D eigenvalue weighted by molar-refractivity contribution is 0.131. The number of rotatable bonds is 3. The van der Waals surface area contributed by atoms with Gasteiger partial charge in [-0.1, -0.05) is 18.2 Å². The van der Waals surface area contributed by atoms with E-state index in [1.807, 2.05) is 30.3 Å². The molecule has 6 heteroatoms. The molecule has 0 unspecified atom stereocenters. The summed E-state index contributed by atoms with van der Waals surface area (Å²) in [5.74, 6) is 0.790. The second-order valence-electron chi connectivity index (χ2n) is 4.01. The van der Waals surface area contributed by atoms with Gasteiger partial charge < -0.3 is 4.74 Å². The largest absolute Gasteiger partial charge is 0.490 e. The molecular weight excluding hydrogens is 242 g/mol. The van der Waals surface area contributed by atoms with Crippen LogP contribution >= 0.6 is 0 Å². The van der Waals surface area contributed by atoms with Crippen molar-refractivity contribution in [1.82, 2.24) is 4.31 Å². The van der Waals surface area contributed by atoms with Crippen molar-refractivity contribution in [2.45, 2.75) is 18.9 Å². The summed E-state index contributed by atoms with van der Waals surface area (Å²) in [6.07, 6.45) is 1.19. The predicted molar refractivity (Wildman–Crippen MR) is 63.2 cm³/mol. The Morgan fingerprint density at radius 3 is 2.29 bits per heavy atom. The standard InChI is InChI=1S/C11H15NO4S/c13-17(14,15)12-8-6-11(7-9-12)16-10-4-2-1-3-5-10/h1-5,11H,6-9H2,(H,13,14,15). The van der Waals surface area contributed by atoms with Gasteiger partial charge >= 0.3 is 10.3 Å². The van der Waals surface area contributed by atoms with Crippen molar-refractivity contribution >= 4 is 10.3 Å². The lowest BCUT2D eigenvalue weighted by Gasteiger charge is -2.29. The number of hydrogen-bond donors (Lipinski definition) is 1. The molecule has 1 fully saturated rings. The van der Waals surface area contributed by atoms with Gasteiger partial charge in [0.05, 0.1) is 0 Å².